The van der Waals surface area contributed by atoms with Gasteiger partial charge < -0.3 is 5.73 Å². The third-order valence-electron chi connectivity index (χ3n) is 4.73. The fraction of sp³-hybridized carbons (Fsp3) is 0.273. The number of halogens is 1. The van der Waals surface area contributed by atoms with Crippen molar-refractivity contribution in [1.29, 1.82) is 0 Å². The maximum Gasteiger partial charge on any atom is 0.329 e. The van der Waals surface area contributed by atoms with Gasteiger partial charge in [-0.05, 0) is 49.6 Å². The molecule has 0 saturated carbocycles. The average Bonchev–Trinajstić information content (AvgIpc) is 2.61. The third kappa shape index (κ3) is 4.22. The molecule has 0 atom stereocenters. The highest BCUT2D eigenvalue weighted by Gasteiger charge is 2.25. The van der Waals surface area contributed by atoms with E-state index in [1.54, 1.807) is 26.0 Å². The van der Waals surface area contributed by atoms with Gasteiger partial charge in [-0.2, -0.15) is 4.39 Å². The smallest absolute Gasteiger partial charge is 0.329 e. The van der Waals surface area contributed by atoms with Crippen molar-refractivity contribution in [2.75, 3.05) is 5.73 Å². The largest absolute Gasteiger partial charge is 0.384 e. The lowest BCUT2D eigenvalue weighted by molar-refractivity contribution is 0.102. The van der Waals surface area contributed by atoms with Gasteiger partial charge in [-0.1, -0.05) is 31.0 Å². The second kappa shape index (κ2) is 8.06. The number of H-pyrrole nitrogens is 1. The molecule has 3 rings (SSSR count). The van der Waals surface area contributed by atoms with E-state index in [1.165, 1.54) is 6.07 Å². The number of nitrogens with one attached hydrogen (secondary N) is 1. The molecule has 3 N–H and O–H groups in total. The minimum atomic E-state index is -0.797. The van der Waals surface area contributed by atoms with Crippen LogP contribution >= 0.6 is 0 Å². The van der Waals surface area contributed by atoms with Gasteiger partial charge in [-0.3, -0.25) is 19.1 Å². The molecule has 1 aromatic carbocycles. The average molecular weight is 410 g/mol. The standard InChI is InChI=1S/C22H23FN4O3/c1-11(2)18-19(20(28)15-6-12(3)5-13(4)7-15)27(22(30)26-21(18)29)10-14-8-16(23)25-17(24)9-14/h5-9,11H,10H2,1-4H3,(H2,24,25)(H,26,29,30). The molecule has 2 heterocycles. The number of aromatic nitrogens is 3. The molecule has 0 aliphatic rings. The zero-order valence-electron chi connectivity index (χ0n) is 17.2. The van der Waals surface area contributed by atoms with E-state index in [2.05, 4.69) is 9.97 Å². The number of carbonyl (C=O) groups is 1. The van der Waals surface area contributed by atoms with Crippen LogP contribution in [0.25, 0.3) is 0 Å². The molecule has 0 aliphatic heterocycles. The zero-order valence-corrected chi connectivity index (χ0v) is 17.2. The summed E-state index contributed by atoms with van der Waals surface area (Å²) in [4.78, 5) is 44.5. The lowest BCUT2D eigenvalue weighted by Crippen LogP contribution is -2.38. The number of carbonyl (C=O) groups excluding carboxylic acids is 1. The van der Waals surface area contributed by atoms with Gasteiger partial charge in [0.15, 0.2) is 0 Å². The Hall–Kier alpha value is -3.55. The summed E-state index contributed by atoms with van der Waals surface area (Å²) in [5.41, 5.74) is 6.90. The van der Waals surface area contributed by atoms with E-state index < -0.39 is 23.0 Å². The van der Waals surface area contributed by atoms with Crippen LogP contribution in [0.15, 0.2) is 39.9 Å². The number of hydrogen-bond donors (Lipinski definition) is 2. The van der Waals surface area contributed by atoms with E-state index >= 15 is 0 Å². The predicted molar refractivity (Wildman–Crippen MR) is 112 cm³/mol. The predicted octanol–water partition coefficient (Wildman–Crippen LogP) is 2.67. The van der Waals surface area contributed by atoms with Gasteiger partial charge in [0.25, 0.3) is 5.56 Å². The van der Waals surface area contributed by atoms with Crippen LogP contribution in [-0.2, 0) is 6.54 Å². The van der Waals surface area contributed by atoms with Gasteiger partial charge in [0.05, 0.1) is 6.54 Å². The Morgan fingerprint density at radius 1 is 1.13 bits per heavy atom. The van der Waals surface area contributed by atoms with Crippen molar-refractivity contribution in [3.05, 3.63) is 90.6 Å². The summed E-state index contributed by atoms with van der Waals surface area (Å²) in [6, 6.07) is 7.89. The molecule has 2 aromatic heterocycles. The number of anilines is 1. The van der Waals surface area contributed by atoms with E-state index in [-0.39, 0.29) is 29.5 Å². The molecule has 8 heteroatoms. The van der Waals surface area contributed by atoms with Crippen LogP contribution in [0.3, 0.4) is 0 Å². The van der Waals surface area contributed by atoms with E-state index in [0.717, 1.165) is 21.8 Å². The summed E-state index contributed by atoms with van der Waals surface area (Å²) < 4.78 is 14.9. The summed E-state index contributed by atoms with van der Waals surface area (Å²) in [5, 5.41) is 0. The number of benzene rings is 1. The van der Waals surface area contributed by atoms with E-state index in [9.17, 15) is 18.8 Å². The normalized spacial score (nSPS) is 11.1. The number of nitrogen functional groups attached to an aromatic ring is 1. The summed E-state index contributed by atoms with van der Waals surface area (Å²) >= 11 is 0. The molecule has 0 amide bonds. The van der Waals surface area contributed by atoms with Crippen LogP contribution in [0, 0.1) is 19.8 Å². The fourth-order valence-corrected chi connectivity index (χ4v) is 3.61. The highest BCUT2D eigenvalue weighted by atomic mass is 19.1. The van der Waals surface area contributed by atoms with Crippen molar-refractivity contribution in [3.63, 3.8) is 0 Å². The number of nitrogens with two attached hydrogens (primary N) is 1. The second-order valence-corrected chi connectivity index (χ2v) is 7.69. The Kier molecular flexibility index (Phi) is 5.69. The molecule has 3 aromatic rings. The lowest BCUT2D eigenvalue weighted by atomic mass is 9.95. The summed E-state index contributed by atoms with van der Waals surface area (Å²) in [5.74, 6) is -1.62. The Balaban J connectivity index is 2.29. The molecule has 156 valence electrons. The summed E-state index contributed by atoms with van der Waals surface area (Å²) in [6.07, 6.45) is 0. The van der Waals surface area contributed by atoms with Crippen molar-refractivity contribution in [2.45, 2.75) is 40.2 Å². The second-order valence-electron chi connectivity index (χ2n) is 7.69. The maximum absolute atomic E-state index is 13.7. The van der Waals surface area contributed by atoms with Crippen LogP contribution in [0.1, 0.15) is 58.1 Å². The molecule has 0 aliphatic carbocycles. The van der Waals surface area contributed by atoms with Crippen molar-refractivity contribution < 1.29 is 9.18 Å². The van der Waals surface area contributed by atoms with Crippen LogP contribution in [-0.4, -0.2) is 20.3 Å². The van der Waals surface area contributed by atoms with Crippen LogP contribution < -0.4 is 17.0 Å². The third-order valence-corrected chi connectivity index (χ3v) is 4.73. The molecule has 0 saturated heterocycles. The van der Waals surface area contributed by atoms with Gasteiger partial charge in [-0.15, -0.1) is 0 Å². The molecule has 0 unspecified atom stereocenters. The number of rotatable bonds is 5. The Bertz CT molecular complexity index is 1220. The van der Waals surface area contributed by atoms with Crippen molar-refractivity contribution >= 4 is 11.6 Å². The first-order chi connectivity index (χ1) is 14.1. The van der Waals surface area contributed by atoms with Crippen molar-refractivity contribution in [1.82, 2.24) is 14.5 Å². The van der Waals surface area contributed by atoms with Gasteiger partial charge in [0, 0.05) is 11.1 Å². The first kappa shape index (κ1) is 21.2. The first-order valence-corrected chi connectivity index (χ1v) is 9.48. The van der Waals surface area contributed by atoms with Crippen LogP contribution in [0.2, 0.25) is 0 Å². The summed E-state index contributed by atoms with van der Waals surface area (Å²) in [7, 11) is 0. The molecular formula is C22H23FN4O3. The number of nitrogens with zero attached hydrogens (tertiary/aromatic N) is 2. The Morgan fingerprint density at radius 2 is 1.77 bits per heavy atom. The number of hydrogen-bond acceptors (Lipinski definition) is 5. The van der Waals surface area contributed by atoms with Gasteiger partial charge >= 0.3 is 5.69 Å². The van der Waals surface area contributed by atoms with Crippen molar-refractivity contribution in [3.8, 4) is 0 Å². The van der Waals surface area contributed by atoms with E-state index in [0.29, 0.717) is 11.1 Å². The van der Waals surface area contributed by atoms with Crippen LogP contribution in [0.5, 0.6) is 0 Å². The number of ketones is 1. The maximum atomic E-state index is 13.7. The quantitative estimate of drug-likeness (QED) is 0.496. The molecule has 0 spiro atoms. The molecule has 0 bridgehead atoms. The Labute approximate surface area is 172 Å². The van der Waals surface area contributed by atoms with E-state index in [4.69, 9.17) is 5.73 Å². The Morgan fingerprint density at radius 3 is 2.33 bits per heavy atom. The summed E-state index contributed by atoms with van der Waals surface area (Å²) in [6.45, 7) is 7.11. The molecule has 0 radical (unpaired) electrons. The molecule has 30 heavy (non-hydrogen) atoms. The van der Waals surface area contributed by atoms with Gasteiger partial charge in [0.1, 0.15) is 11.5 Å². The number of aryl methyl sites for hydroxylation is 2. The number of pyridine rings is 1. The van der Waals surface area contributed by atoms with Crippen LogP contribution in [0.4, 0.5) is 10.2 Å². The van der Waals surface area contributed by atoms with E-state index in [1.807, 2.05) is 19.9 Å². The molecule has 0 fully saturated rings. The first-order valence-electron chi connectivity index (χ1n) is 9.48. The minimum absolute atomic E-state index is 0.0143. The van der Waals surface area contributed by atoms with Gasteiger partial charge in [0.2, 0.25) is 11.7 Å². The fourth-order valence-electron chi connectivity index (χ4n) is 3.61. The molecule has 7 nitrogen and oxygen atoms in total. The number of aromatic amines is 1. The lowest BCUT2D eigenvalue weighted by Gasteiger charge is -2.18. The highest BCUT2D eigenvalue weighted by molar-refractivity contribution is 6.09. The molecular weight excluding hydrogens is 387 g/mol. The zero-order chi connectivity index (χ0) is 22.2. The topological polar surface area (TPSA) is 111 Å². The van der Waals surface area contributed by atoms with Gasteiger partial charge in [-0.25, -0.2) is 9.78 Å². The SMILES string of the molecule is Cc1cc(C)cc(C(=O)c2c(C(C)C)c(=O)[nH]c(=O)n2Cc2cc(N)nc(F)c2)c1. The van der Waals surface area contributed by atoms with Crippen molar-refractivity contribution in [2.24, 2.45) is 0 Å². The minimum Gasteiger partial charge on any atom is -0.384 e. The highest BCUT2D eigenvalue weighted by Crippen LogP contribution is 2.21. The monoisotopic (exact) mass is 410 g/mol.